The van der Waals surface area contributed by atoms with Gasteiger partial charge in [0.25, 0.3) is 0 Å². The number of nitrogens with one attached hydrogen (secondary N) is 1. The number of aliphatic hydroxyl groups excluding tert-OH is 7. The predicted molar refractivity (Wildman–Crippen MR) is 247 cm³/mol. The number of hydrogen-bond donors (Lipinski definition) is 9. The average Bonchev–Trinajstić information content (AvgIpc) is 3.24. The number of amides is 1. The molecule has 364 valence electrons. The SMILES string of the molecule is CCC/C=C/C(O)C(COP(=O)(O)OC1C(O)C(O)C(O)C(O)C1O)NC(=O)CC(O)CCCCCCCCCCCCCCC/C=C\C/C=C\CCCCCCCCCCC. The Bertz CT molecular complexity index is 1200. The fraction of sp³-hybridized carbons (Fsp3) is 0.854. The lowest BCUT2D eigenvalue weighted by Crippen LogP contribution is -2.64. The topological polar surface area (TPSA) is 226 Å². The van der Waals surface area contributed by atoms with Crippen molar-refractivity contribution in [1.82, 2.24) is 5.32 Å². The Morgan fingerprint density at radius 2 is 1.02 bits per heavy atom. The second-order valence-electron chi connectivity index (χ2n) is 17.5. The van der Waals surface area contributed by atoms with Gasteiger partial charge in [-0.15, -0.1) is 0 Å². The number of aliphatic hydroxyl groups is 7. The van der Waals surface area contributed by atoms with Crippen molar-refractivity contribution in [2.24, 2.45) is 0 Å². The summed E-state index contributed by atoms with van der Waals surface area (Å²) in [6, 6.07) is -1.24. The molecule has 14 heteroatoms. The lowest BCUT2D eigenvalue weighted by molar-refractivity contribution is -0.220. The van der Waals surface area contributed by atoms with Crippen LogP contribution in [0.2, 0.25) is 0 Å². The van der Waals surface area contributed by atoms with Gasteiger partial charge in [-0.2, -0.15) is 0 Å². The minimum absolute atomic E-state index is 0.248. The minimum Gasteiger partial charge on any atom is -0.393 e. The van der Waals surface area contributed by atoms with Gasteiger partial charge in [0.1, 0.15) is 36.6 Å². The van der Waals surface area contributed by atoms with Gasteiger partial charge in [0, 0.05) is 0 Å². The molecule has 0 radical (unpaired) electrons. The van der Waals surface area contributed by atoms with Crippen LogP contribution in [0.3, 0.4) is 0 Å². The van der Waals surface area contributed by atoms with Crippen molar-refractivity contribution in [3.05, 3.63) is 36.5 Å². The third-order valence-corrected chi connectivity index (χ3v) is 12.7. The summed E-state index contributed by atoms with van der Waals surface area (Å²) < 4.78 is 22.5. The van der Waals surface area contributed by atoms with Gasteiger partial charge in [0.15, 0.2) is 0 Å². The van der Waals surface area contributed by atoms with Crippen molar-refractivity contribution >= 4 is 13.7 Å². The molecule has 0 spiro atoms. The summed E-state index contributed by atoms with van der Waals surface area (Å²) in [5.74, 6) is -0.605. The summed E-state index contributed by atoms with van der Waals surface area (Å²) in [7, 11) is -5.12. The van der Waals surface area contributed by atoms with E-state index in [4.69, 9.17) is 9.05 Å². The van der Waals surface area contributed by atoms with Crippen molar-refractivity contribution < 1.29 is 59.0 Å². The first-order chi connectivity index (χ1) is 29.8. The summed E-state index contributed by atoms with van der Waals surface area (Å²) in [6.45, 7) is 3.47. The smallest absolute Gasteiger partial charge is 0.393 e. The highest BCUT2D eigenvalue weighted by Crippen LogP contribution is 2.47. The number of phosphoric acid groups is 1. The van der Waals surface area contributed by atoms with E-state index in [9.17, 15) is 50.0 Å². The van der Waals surface area contributed by atoms with Gasteiger partial charge < -0.3 is 46.0 Å². The van der Waals surface area contributed by atoms with Gasteiger partial charge in [0.2, 0.25) is 5.91 Å². The van der Waals surface area contributed by atoms with Gasteiger partial charge in [0.05, 0.1) is 31.3 Å². The van der Waals surface area contributed by atoms with E-state index >= 15 is 0 Å². The molecule has 0 aliphatic heterocycles. The van der Waals surface area contributed by atoms with Crippen LogP contribution in [0.25, 0.3) is 0 Å². The number of carbonyl (C=O) groups excluding carboxylic acids is 1. The average molecular weight is 904 g/mol. The van der Waals surface area contributed by atoms with Crippen LogP contribution in [-0.2, 0) is 18.4 Å². The molecule has 1 rings (SSSR count). The Balaban J connectivity index is 2.14. The molecular weight excluding hydrogens is 813 g/mol. The Hall–Kier alpha value is -1.48. The van der Waals surface area contributed by atoms with Crippen LogP contribution in [0, 0.1) is 0 Å². The molecule has 8 unspecified atom stereocenters. The summed E-state index contributed by atoms with van der Waals surface area (Å²) in [5.41, 5.74) is 0. The maximum Gasteiger partial charge on any atom is 0.472 e. The lowest BCUT2D eigenvalue weighted by atomic mass is 9.85. The highest BCUT2D eigenvalue weighted by Gasteiger charge is 2.51. The molecule has 0 saturated heterocycles. The van der Waals surface area contributed by atoms with E-state index in [1.54, 1.807) is 6.08 Å². The maximum atomic E-state index is 12.8. The molecule has 1 aliphatic carbocycles. The fourth-order valence-corrected chi connectivity index (χ4v) is 8.66. The molecule has 0 aromatic rings. The van der Waals surface area contributed by atoms with Gasteiger partial charge >= 0.3 is 7.82 Å². The molecule has 1 amide bonds. The Morgan fingerprint density at radius 1 is 0.581 bits per heavy atom. The maximum absolute atomic E-state index is 12.8. The van der Waals surface area contributed by atoms with Gasteiger partial charge in [-0.1, -0.05) is 185 Å². The molecule has 9 N–H and O–H groups in total. The molecule has 0 heterocycles. The van der Waals surface area contributed by atoms with Crippen LogP contribution in [0.15, 0.2) is 36.5 Å². The van der Waals surface area contributed by atoms with Crippen LogP contribution in [0.5, 0.6) is 0 Å². The number of phosphoric ester groups is 1. The number of allylic oxidation sites excluding steroid dienone is 5. The van der Waals surface area contributed by atoms with Crippen molar-refractivity contribution in [2.45, 2.75) is 255 Å². The monoisotopic (exact) mass is 904 g/mol. The standard InChI is InChI=1S/C48H90NO12P/c1-3-5-7-8-9-10-11-12-13-14-15-16-17-18-19-20-21-22-23-24-25-26-27-28-29-30-31-32-34-35-39(50)37-42(52)49-40(41(51)36-33-6-4-2)38-60-62(58,59)61-48-46(56)44(54)43(53)45(55)47(48)57/h15-16,18-19,33,36,39-41,43-48,50-51,53-57H,3-14,17,20-32,34-35,37-38H2,1-2H3,(H,49,52)(H,58,59)/b16-15-,19-18-,36-33+. The summed E-state index contributed by atoms with van der Waals surface area (Å²) >= 11 is 0. The van der Waals surface area contributed by atoms with Crippen LogP contribution in [0.4, 0.5) is 0 Å². The van der Waals surface area contributed by atoms with E-state index in [2.05, 4.69) is 36.5 Å². The summed E-state index contributed by atoms with van der Waals surface area (Å²) in [6.07, 6.45) is 31.2. The van der Waals surface area contributed by atoms with E-state index in [-0.39, 0.29) is 6.42 Å². The van der Waals surface area contributed by atoms with E-state index in [0.717, 1.165) is 38.5 Å². The largest absolute Gasteiger partial charge is 0.472 e. The second-order valence-corrected chi connectivity index (χ2v) is 18.9. The number of carbonyl (C=O) groups is 1. The molecule has 62 heavy (non-hydrogen) atoms. The third kappa shape index (κ3) is 29.1. The van der Waals surface area contributed by atoms with Crippen molar-refractivity contribution in [1.29, 1.82) is 0 Å². The van der Waals surface area contributed by atoms with Gasteiger partial charge in [-0.3, -0.25) is 13.8 Å². The molecule has 1 saturated carbocycles. The van der Waals surface area contributed by atoms with E-state index in [1.165, 1.54) is 134 Å². The van der Waals surface area contributed by atoms with Crippen LogP contribution in [0.1, 0.15) is 200 Å². The van der Waals surface area contributed by atoms with Crippen LogP contribution in [-0.4, -0.2) is 108 Å². The molecule has 1 fully saturated rings. The lowest BCUT2D eigenvalue weighted by Gasteiger charge is -2.41. The first-order valence-electron chi connectivity index (χ1n) is 24.5. The van der Waals surface area contributed by atoms with Gasteiger partial charge in [-0.25, -0.2) is 4.57 Å². The first kappa shape index (κ1) is 58.5. The molecule has 8 atom stereocenters. The first-order valence-corrected chi connectivity index (χ1v) is 26.0. The highest BCUT2D eigenvalue weighted by molar-refractivity contribution is 7.47. The minimum atomic E-state index is -5.12. The van der Waals surface area contributed by atoms with Crippen molar-refractivity contribution in [3.8, 4) is 0 Å². The zero-order valence-corrected chi connectivity index (χ0v) is 39.4. The molecule has 0 aromatic carbocycles. The zero-order chi connectivity index (χ0) is 45.9. The molecule has 1 aliphatic rings. The van der Waals surface area contributed by atoms with E-state index in [0.29, 0.717) is 12.8 Å². The number of rotatable bonds is 40. The van der Waals surface area contributed by atoms with Crippen LogP contribution >= 0.6 is 7.82 Å². The zero-order valence-electron chi connectivity index (χ0n) is 38.5. The van der Waals surface area contributed by atoms with E-state index < -0.39 is 75.2 Å². The number of hydrogen-bond acceptors (Lipinski definition) is 11. The predicted octanol–water partition coefficient (Wildman–Crippen LogP) is 8.53. The fourth-order valence-electron chi connectivity index (χ4n) is 7.69. The van der Waals surface area contributed by atoms with Gasteiger partial charge in [-0.05, 0) is 44.9 Å². The van der Waals surface area contributed by atoms with Crippen LogP contribution < -0.4 is 5.32 Å². The number of unbranched alkanes of at least 4 members (excludes halogenated alkanes) is 23. The Kier molecular flexibility index (Phi) is 35.6. The Labute approximate surface area is 375 Å². The second kappa shape index (κ2) is 37.7. The molecule has 13 nitrogen and oxygen atoms in total. The molecule has 0 bridgehead atoms. The van der Waals surface area contributed by atoms with E-state index in [1.807, 2.05) is 6.92 Å². The molecule has 0 aromatic heterocycles. The van der Waals surface area contributed by atoms with Crippen molar-refractivity contribution in [3.63, 3.8) is 0 Å². The quantitative estimate of drug-likeness (QED) is 0.0160. The normalized spacial score (nSPS) is 23.3. The summed E-state index contributed by atoms with van der Waals surface area (Å²) in [5, 5.41) is 73.6. The Morgan fingerprint density at radius 3 is 1.48 bits per heavy atom. The summed E-state index contributed by atoms with van der Waals surface area (Å²) in [4.78, 5) is 23.1. The third-order valence-electron chi connectivity index (χ3n) is 11.7. The molecular formula is C48H90NO12P. The van der Waals surface area contributed by atoms with Crippen molar-refractivity contribution in [2.75, 3.05) is 6.61 Å². The highest BCUT2D eigenvalue weighted by atomic mass is 31.2.